The number of benzene rings is 2. The van der Waals surface area contributed by atoms with Crippen LogP contribution in [0.4, 0.5) is 0 Å². The van der Waals surface area contributed by atoms with Crippen LogP contribution in [0.25, 0.3) is 22.6 Å². The van der Waals surface area contributed by atoms with E-state index in [0.717, 1.165) is 0 Å². The Morgan fingerprint density at radius 1 is 1.07 bits per heavy atom. The maximum Gasteiger partial charge on any atom is 0.338 e. The second-order valence-corrected chi connectivity index (χ2v) is 6.52. The first kappa shape index (κ1) is 17.5. The van der Waals surface area contributed by atoms with Crippen molar-refractivity contribution in [1.29, 1.82) is 0 Å². The van der Waals surface area contributed by atoms with Crippen LogP contribution in [0.2, 0.25) is 10.0 Å². The monoisotopic (exact) mass is 399 g/mol. The smallest absolute Gasteiger partial charge is 0.338 e. The molecule has 27 heavy (non-hydrogen) atoms. The van der Waals surface area contributed by atoms with Gasteiger partial charge < -0.3 is 9.15 Å². The first-order chi connectivity index (χ1) is 13.1. The Labute approximate surface area is 163 Å². The van der Waals surface area contributed by atoms with E-state index in [4.69, 9.17) is 32.4 Å². The summed E-state index contributed by atoms with van der Waals surface area (Å²) in [4.78, 5) is 16.7. The van der Waals surface area contributed by atoms with Gasteiger partial charge in [0.2, 0.25) is 5.89 Å². The molecule has 0 radical (unpaired) electrons. The zero-order chi connectivity index (χ0) is 18.8. The Kier molecular flexibility index (Phi) is 4.75. The summed E-state index contributed by atoms with van der Waals surface area (Å²) in [6.07, 6.45) is 1.55. The molecule has 6 nitrogen and oxygen atoms in total. The van der Waals surface area contributed by atoms with Crippen LogP contribution in [0.15, 0.2) is 59.1 Å². The molecular weight excluding hydrogens is 389 g/mol. The topological polar surface area (TPSA) is 78.1 Å². The van der Waals surface area contributed by atoms with E-state index in [1.807, 2.05) is 0 Å². The molecule has 0 saturated heterocycles. The van der Waals surface area contributed by atoms with Crippen molar-refractivity contribution in [3.63, 3.8) is 0 Å². The Hall–Kier alpha value is -2.96. The zero-order valence-corrected chi connectivity index (χ0v) is 15.2. The number of carbonyl (C=O) groups is 1. The summed E-state index contributed by atoms with van der Waals surface area (Å²) < 4.78 is 11.0. The molecule has 2 heterocycles. The number of aromatic nitrogens is 3. The molecule has 0 aliphatic heterocycles. The average molecular weight is 400 g/mol. The molecule has 0 fully saturated rings. The molecule has 0 unspecified atom stereocenters. The van der Waals surface area contributed by atoms with Crippen molar-refractivity contribution in [2.75, 3.05) is 0 Å². The molecule has 0 aliphatic rings. The molecule has 134 valence electrons. The summed E-state index contributed by atoms with van der Waals surface area (Å²) in [5.74, 6) is -0.134. The predicted molar refractivity (Wildman–Crippen MR) is 101 cm³/mol. The molecule has 0 bridgehead atoms. The number of rotatable bonds is 4. The fourth-order valence-corrected chi connectivity index (χ4v) is 3.01. The van der Waals surface area contributed by atoms with E-state index in [2.05, 4.69) is 15.2 Å². The lowest BCUT2D eigenvalue weighted by Gasteiger charge is -2.03. The molecule has 0 aliphatic carbocycles. The third kappa shape index (κ3) is 3.92. The summed E-state index contributed by atoms with van der Waals surface area (Å²) in [5, 5.41) is 8.56. The highest BCUT2D eigenvalue weighted by molar-refractivity contribution is 6.35. The van der Waals surface area contributed by atoms with E-state index >= 15 is 0 Å². The van der Waals surface area contributed by atoms with Crippen molar-refractivity contribution in [3.8, 4) is 11.5 Å². The van der Waals surface area contributed by atoms with Gasteiger partial charge >= 0.3 is 5.97 Å². The summed E-state index contributed by atoms with van der Waals surface area (Å²) in [7, 11) is 0. The standard InChI is InChI=1S/C19H11Cl2N3O3/c20-13-6-12(7-14(21)9-13)18-23-16-4-3-11(8-17(16)27-18)19(25)26-10-15-2-1-5-22-24-15/h1-9H,10H2. The number of carbonyl (C=O) groups excluding carboxylic acids is 1. The molecule has 2 aromatic heterocycles. The number of halogens is 2. The predicted octanol–water partition coefficient (Wildman–Crippen LogP) is 4.95. The summed E-state index contributed by atoms with van der Waals surface area (Å²) in [6, 6.07) is 13.4. The lowest BCUT2D eigenvalue weighted by molar-refractivity contribution is 0.0467. The van der Waals surface area contributed by atoms with Crippen LogP contribution in [-0.2, 0) is 11.3 Å². The van der Waals surface area contributed by atoms with Crippen LogP contribution < -0.4 is 0 Å². The number of ether oxygens (including phenoxy) is 1. The largest absolute Gasteiger partial charge is 0.456 e. The van der Waals surface area contributed by atoms with E-state index in [0.29, 0.717) is 43.9 Å². The van der Waals surface area contributed by atoms with Gasteiger partial charge in [-0.15, -0.1) is 0 Å². The molecule has 0 saturated carbocycles. The zero-order valence-electron chi connectivity index (χ0n) is 13.7. The maximum absolute atomic E-state index is 12.3. The van der Waals surface area contributed by atoms with Gasteiger partial charge in [-0.1, -0.05) is 23.2 Å². The van der Waals surface area contributed by atoms with Gasteiger partial charge in [-0.25, -0.2) is 9.78 Å². The van der Waals surface area contributed by atoms with Crippen molar-refractivity contribution < 1.29 is 13.9 Å². The van der Waals surface area contributed by atoms with Gasteiger partial charge in [0.15, 0.2) is 5.58 Å². The van der Waals surface area contributed by atoms with Crippen LogP contribution in [0.1, 0.15) is 16.1 Å². The minimum atomic E-state index is -0.494. The van der Waals surface area contributed by atoms with Crippen LogP contribution in [0, 0.1) is 0 Å². The van der Waals surface area contributed by atoms with E-state index in [1.54, 1.807) is 54.7 Å². The normalized spacial score (nSPS) is 10.9. The van der Waals surface area contributed by atoms with Gasteiger partial charge in [0.1, 0.15) is 17.8 Å². The first-order valence-corrected chi connectivity index (χ1v) is 8.65. The Balaban J connectivity index is 1.58. The van der Waals surface area contributed by atoms with Gasteiger partial charge in [-0.2, -0.15) is 10.2 Å². The van der Waals surface area contributed by atoms with Crippen molar-refractivity contribution in [2.24, 2.45) is 0 Å². The van der Waals surface area contributed by atoms with Gasteiger partial charge in [0, 0.05) is 21.8 Å². The number of esters is 1. The fourth-order valence-electron chi connectivity index (χ4n) is 2.49. The van der Waals surface area contributed by atoms with Crippen molar-refractivity contribution in [1.82, 2.24) is 15.2 Å². The van der Waals surface area contributed by atoms with Gasteiger partial charge in [0.25, 0.3) is 0 Å². The van der Waals surface area contributed by atoms with E-state index in [1.165, 1.54) is 0 Å². The Morgan fingerprint density at radius 3 is 2.63 bits per heavy atom. The minimum absolute atomic E-state index is 0.0351. The quantitative estimate of drug-likeness (QED) is 0.451. The highest BCUT2D eigenvalue weighted by atomic mass is 35.5. The molecule has 0 atom stereocenters. The molecule has 2 aromatic carbocycles. The van der Waals surface area contributed by atoms with E-state index < -0.39 is 5.97 Å². The number of nitrogens with zero attached hydrogens (tertiary/aromatic N) is 3. The lowest BCUT2D eigenvalue weighted by atomic mass is 10.2. The number of hydrogen-bond acceptors (Lipinski definition) is 6. The maximum atomic E-state index is 12.3. The highest BCUT2D eigenvalue weighted by Crippen LogP contribution is 2.29. The molecule has 4 aromatic rings. The molecule has 4 rings (SSSR count). The minimum Gasteiger partial charge on any atom is -0.456 e. The molecule has 0 N–H and O–H groups in total. The molecule has 0 amide bonds. The Bertz CT molecular complexity index is 1110. The summed E-state index contributed by atoms with van der Waals surface area (Å²) >= 11 is 12.1. The van der Waals surface area contributed by atoms with Crippen molar-refractivity contribution >= 4 is 40.3 Å². The van der Waals surface area contributed by atoms with Crippen molar-refractivity contribution in [3.05, 3.63) is 76.0 Å². The lowest BCUT2D eigenvalue weighted by Crippen LogP contribution is -2.06. The third-order valence-corrected chi connectivity index (χ3v) is 4.15. The molecular formula is C19H11Cl2N3O3. The second-order valence-electron chi connectivity index (χ2n) is 5.65. The fraction of sp³-hybridized carbons (Fsp3) is 0.0526. The number of fused-ring (bicyclic) bond motifs is 1. The van der Waals surface area contributed by atoms with Crippen LogP contribution >= 0.6 is 23.2 Å². The van der Waals surface area contributed by atoms with Gasteiger partial charge in [0.05, 0.1) is 5.56 Å². The van der Waals surface area contributed by atoms with Gasteiger partial charge in [-0.3, -0.25) is 0 Å². The third-order valence-electron chi connectivity index (χ3n) is 3.71. The summed E-state index contributed by atoms with van der Waals surface area (Å²) in [5.41, 5.74) is 2.61. The van der Waals surface area contributed by atoms with Crippen LogP contribution in [0.5, 0.6) is 0 Å². The first-order valence-electron chi connectivity index (χ1n) is 7.89. The SMILES string of the molecule is O=C(OCc1cccnn1)c1ccc2nc(-c3cc(Cl)cc(Cl)c3)oc2c1. The van der Waals surface area contributed by atoms with Crippen molar-refractivity contribution in [2.45, 2.75) is 6.61 Å². The number of oxazole rings is 1. The van der Waals surface area contributed by atoms with E-state index in [9.17, 15) is 4.79 Å². The van der Waals surface area contributed by atoms with Crippen LogP contribution in [0.3, 0.4) is 0 Å². The van der Waals surface area contributed by atoms with Crippen LogP contribution in [-0.4, -0.2) is 21.2 Å². The highest BCUT2D eigenvalue weighted by Gasteiger charge is 2.14. The molecule has 8 heteroatoms. The number of hydrogen-bond donors (Lipinski definition) is 0. The summed E-state index contributed by atoms with van der Waals surface area (Å²) in [6.45, 7) is 0.0351. The second kappa shape index (κ2) is 7.34. The van der Waals surface area contributed by atoms with E-state index in [-0.39, 0.29) is 6.61 Å². The average Bonchev–Trinajstić information content (AvgIpc) is 3.09. The Morgan fingerprint density at radius 2 is 1.89 bits per heavy atom. The molecule has 0 spiro atoms. The van der Waals surface area contributed by atoms with Gasteiger partial charge in [-0.05, 0) is 48.5 Å².